The molecule has 1 heterocycles. The van der Waals surface area contributed by atoms with E-state index in [0.29, 0.717) is 10.9 Å². The molecule has 0 radical (unpaired) electrons. The smallest absolute Gasteiger partial charge is 0.250 e. The van der Waals surface area contributed by atoms with Crippen LogP contribution in [0.2, 0.25) is 0 Å². The van der Waals surface area contributed by atoms with E-state index in [1.807, 2.05) is 0 Å². The first-order chi connectivity index (χ1) is 8.95. The van der Waals surface area contributed by atoms with Gasteiger partial charge < -0.3 is 5.32 Å². The first-order valence-corrected chi connectivity index (χ1v) is 6.83. The Kier molecular flexibility index (Phi) is 3.89. The first-order valence-electron chi connectivity index (χ1n) is 6.04. The van der Waals surface area contributed by atoms with Gasteiger partial charge in [0.05, 0.1) is 5.69 Å². The monoisotopic (exact) mass is 328 g/mol. The van der Waals surface area contributed by atoms with Crippen molar-refractivity contribution in [2.24, 2.45) is 0 Å². The quantitative estimate of drug-likeness (QED) is 0.904. The molecule has 2 atom stereocenters. The number of nitrogens with zero attached hydrogens (tertiary/aromatic N) is 1. The van der Waals surface area contributed by atoms with E-state index in [-0.39, 0.29) is 17.5 Å². The highest BCUT2D eigenvalue weighted by molar-refractivity contribution is 9.10. The van der Waals surface area contributed by atoms with Crippen LogP contribution in [0.15, 0.2) is 22.7 Å². The molecule has 1 aliphatic rings. The third-order valence-electron chi connectivity index (χ3n) is 3.14. The number of hydrogen-bond acceptors (Lipinski definition) is 2. The minimum absolute atomic E-state index is 0.141. The number of rotatable bonds is 2. The number of carbonyl (C=O) groups is 2. The van der Waals surface area contributed by atoms with Crippen LogP contribution in [0.1, 0.15) is 20.3 Å². The molecule has 6 heteroatoms. The third-order valence-corrected chi connectivity index (χ3v) is 3.63. The Labute approximate surface area is 119 Å². The molecule has 4 nitrogen and oxygen atoms in total. The predicted molar refractivity (Wildman–Crippen MR) is 73.3 cm³/mol. The van der Waals surface area contributed by atoms with Gasteiger partial charge in [0, 0.05) is 4.47 Å². The molecule has 1 saturated heterocycles. The van der Waals surface area contributed by atoms with E-state index in [1.54, 1.807) is 19.9 Å². The molecule has 0 aromatic heterocycles. The molecule has 1 N–H and O–H groups in total. The Bertz CT molecular complexity index is 535. The van der Waals surface area contributed by atoms with Crippen LogP contribution in [0.3, 0.4) is 0 Å². The van der Waals surface area contributed by atoms with Crippen molar-refractivity contribution in [2.45, 2.75) is 32.4 Å². The molecule has 1 aromatic rings. The Hall–Kier alpha value is -1.43. The zero-order valence-electron chi connectivity index (χ0n) is 10.6. The van der Waals surface area contributed by atoms with Gasteiger partial charge in [-0.05, 0) is 31.5 Å². The van der Waals surface area contributed by atoms with Crippen LogP contribution in [0, 0.1) is 5.82 Å². The second-order valence-electron chi connectivity index (χ2n) is 4.46. The highest BCUT2D eigenvalue weighted by Gasteiger charge is 2.39. The molecular weight excluding hydrogens is 315 g/mol. The van der Waals surface area contributed by atoms with Crippen LogP contribution in [-0.2, 0) is 9.59 Å². The molecule has 2 unspecified atom stereocenters. The average Bonchev–Trinajstić information content (AvgIpc) is 2.34. The lowest BCUT2D eigenvalue weighted by molar-refractivity contribution is -0.133. The molecule has 102 valence electrons. The van der Waals surface area contributed by atoms with Crippen LogP contribution in [0.25, 0.3) is 0 Å². The van der Waals surface area contributed by atoms with Crippen LogP contribution < -0.4 is 10.2 Å². The molecule has 2 amide bonds. The average molecular weight is 329 g/mol. The normalized spacial score (nSPS) is 23.5. The number of carbonyl (C=O) groups excluding carboxylic acids is 2. The first kappa shape index (κ1) is 14.0. The van der Waals surface area contributed by atoms with Gasteiger partial charge in [0.25, 0.3) is 0 Å². The van der Waals surface area contributed by atoms with Gasteiger partial charge in [-0.15, -0.1) is 0 Å². The van der Waals surface area contributed by atoms with E-state index in [4.69, 9.17) is 0 Å². The maximum absolute atomic E-state index is 14.0. The van der Waals surface area contributed by atoms with Crippen molar-refractivity contribution >= 4 is 33.4 Å². The van der Waals surface area contributed by atoms with Gasteiger partial charge in [0.1, 0.15) is 17.9 Å². The molecular formula is C13H14BrFN2O2. The van der Waals surface area contributed by atoms with Gasteiger partial charge in [-0.1, -0.05) is 22.9 Å². The van der Waals surface area contributed by atoms with Crippen molar-refractivity contribution < 1.29 is 14.0 Å². The molecule has 0 saturated carbocycles. The Morgan fingerprint density at radius 3 is 2.68 bits per heavy atom. The SMILES string of the molecule is CCC1C(=O)NC(C)C(=O)N1c1ccc(Br)cc1F. The molecule has 1 aliphatic heterocycles. The van der Waals surface area contributed by atoms with E-state index < -0.39 is 17.9 Å². The summed E-state index contributed by atoms with van der Waals surface area (Å²) in [5, 5.41) is 2.60. The fraction of sp³-hybridized carbons (Fsp3) is 0.385. The van der Waals surface area contributed by atoms with Crippen LogP contribution >= 0.6 is 15.9 Å². The van der Waals surface area contributed by atoms with Crippen molar-refractivity contribution in [1.29, 1.82) is 0 Å². The molecule has 0 spiro atoms. The number of anilines is 1. The van der Waals surface area contributed by atoms with Gasteiger partial charge in [-0.25, -0.2) is 4.39 Å². The topological polar surface area (TPSA) is 49.4 Å². The summed E-state index contributed by atoms with van der Waals surface area (Å²) in [5.41, 5.74) is 0.141. The van der Waals surface area contributed by atoms with Gasteiger partial charge in [-0.2, -0.15) is 0 Å². The lowest BCUT2D eigenvalue weighted by Gasteiger charge is -2.37. The minimum Gasteiger partial charge on any atom is -0.343 e. The molecule has 1 fully saturated rings. The summed E-state index contributed by atoms with van der Waals surface area (Å²) in [6.07, 6.45) is 0.430. The van der Waals surface area contributed by atoms with Gasteiger partial charge >= 0.3 is 0 Å². The number of piperazine rings is 1. The summed E-state index contributed by atoms with van der Waals surface area (Å²) >= 11 is 3.17. The van der Waals surface area contributed by atoms with Crippen molar-refractivity contribution in [1.82, 2.24) is 5.32 Å². The largest absolute Gasteiger partial charge is 0.343 e. The molecule has 2 rings (SSSR count). The standard InChI is InChI=1S/C13H14BrFN2O2/c1-3-10-12(18)16-7(2)13(19)17(10)11-5-4-8(14)6-9(11)15/h4-7,10H,3H2,1-2H3,(H,16,18). The van der Waals surface area contributed by atoms with E-state index in [0.717, 1.165) is 0 Å². The van der Waals surface area contributed by atoms with Gasteiger partial charge in [-0.3, -0.25) is 14.5 Å². The van der Waals surface area contributed by atoms with E-state index >= 15 is 0 Å². The Morgan fingerprint density at radius 2 is 2.11 bits per heavy atom. The van der Waals surface area contributed by atoms with Crippen LogP contribution in [-0.4, -0.2) is 23.9 Å². The summed E-state index contributed by atoms with van der Waals surface area (Å²) in [4.78, 5) is 25.4. The molecule has 1 aromatic carbocycles. The number of nitrogens with one attached hydrogen (secondary N) is 1. The number of halogens is 2. The van der Waals surface area contributed by atoms with Crippen molar-refractivity contribution in [3.05, 3.63) is 28.5 Å². The molecule has 19 heavy (non-hydrogen) atoms. The third kappa shape index (κ3) is 2.49. The van der Waals surface area contributed by atoms with Crippen LogP contribution in [0.5, 0.6) is 0 Å². The van der Waals surface area contributed by atoms with E-state index in [1.165, 1.54) is 17.0 Å². The molecule has 0 bridgehead atoms. The highest BCUT2D eigenvalue weighted by atomic mass is 79.9. The number of hydrogen-bond donors (Lipinski definition) is 1. The maximum atomic E-state index is 14.0. The Morgan fingerprint density at radius 1 is 1.42 bits per heavy atom. The predicted octanol–water partition coefficient (Wildman–Crippen LogP) is 2.22. The lowest BCUT2D eigenvalue weighted by atomic mass is 10.0. The molecule has 0 aliphatic carbocycles. The van der Waals surface area contributed by atoms with Gasteiger partial charge in [0.2, 0.25) is 11.8 Å². The summed E-state index contributed by atoms with van der Waals surface area (Å²) < 4.78 is 14.6. The summed E-state index contributed by atoms with van der Waals surface area (Å²) in [5.74, 6) is -1.08. The van der Waals surface area contributed by atoms with E-state index in [9.17, 15) is 14.0 Å². The summed E-state index contributed by atoms with van der Waals surface area (Å²) in [7, 11) is 0. The lowest BCUT2D eigenvalue weighted by Crippen LogP contribution is -2.62. The zero-order chi connectivity index (χ0) is 14.2. The van der Waals surface area contributed by atoms with Crippen molar-refractivity contribution in [3.63, 3.8) is 0 Å². The van der Waals surface area contributed by atoms with Crippen molar-refractivity contribution in [2.75, 3.05) is 4.90 Å². The number of amides is 2. The fourth-order valence-corrected chi connectivity index (χ4v) is 2.52. The second-order valence-corrected chi connectivity index (χ2v) is 5.37. The zero-order valence-corrected chi connectivity index (χ0v) is 12.2. The second kappa shape index (κ2) is 5.28. The maximum Gasteiger partial charge on any atom is 0.250 e. The fourth-order valence-electron chi connectivity index (χ4n) is 2.18. The Balaban J connectivity index is 2.48. The highest BCUT2D eigenvalue weighted by Crippen LogP contribution is 2.28. The van der Waals surface area contributed by atoms with Gasteiger partial charge in [0.15, 0.2) is 0 Å². The number of benzene rings is 1. The minimum atomic E-state index is -0.667. The van der Waals surface area contributed by atoms with E-state index in [2.05, 4.69) is 21.2 Å². The summed E-state index contributed by atoms with van der Waals surface area (Å²) in [6, 6.07) is 3.13. The van der Waals surface area contributed by atoms with Crippen LogP contribution in [0.4, 0.5) is 10.1 Å². The van der Waals surface area contributed by atoms with Crippen molar-refractivity contribution in [3.8, 4) is 0 Å². The summed E-state index contributed by atoms with van der Waals surface area (Å²) in [6.45, 7) is 3.38.